The van der Waals surface area contributed by atoms with Crippen LogP contribution in [-0.4, -0.2) is 23.8 Å². The lowest BCUT2D eigenvalue weighted by Gasteiger charge is -2.22. The zero-order chi connectivity index (χ0) is 22.1. The van der Waals surface area contributed by atoms with Crippen LogP contribution in [0.1, 0.15) is 30.4 Å². The number of carboxylic acids is 1. The Labute approximate surface area is 182 Å². The summed E-state index contributed by atoms with van der Waals surface area (Å²) in [6.07, 6.45) is 3.61. The number of carbonyl (C=O) groups is 2. The van der Waals surface area contributed by atoms with Crippen molar-refractivity contribution in [2.24, 2.45) is 0 Å². The van der Waals surface area contributed by atoms with Crippen LogP contribution in [0.2, 0.25) is 0 Å². The summed E-state index contributed by atoms with van der Waals surface area (Å²) in [5.74, 6) is -1.36. The zero-order valence-electron chi connectivity index (χ0n) is 17.3. The van der Waals surface area contributed by atoms with Crippen LogP contribution in [0, 0.1) is 0 Å². The monoisotopic (exact) mass is 415 g/mol. The second-order valence-corrected chi connectivity index (χ2v) is 6.95. The molecule has 0 aliphatic carbocycles. The summed E-state index contributed by atoms with van der Waals surface area (Å²) in [5.41, 5.74) is 3.05. The molecular weight excluding hydrogens is 390 g/mol. The van der Waals surface area contributed by atoms with Crippen LogP contribution in [-0.2, 0) is 9.53 Å². The maximum atomic E-state index is 12.8. The van der Waals surface area contributed by atoms with E-state index in [-0.39, 0.29) is 6.61 Å². The van der Waals surface area contributed by atoms with Crippen molar-refractivity contribution < 1.29 is 19.4 Å². The Kier molecular flexibility index (Phi) is 7.60. The van der Waals surface area contributed by atoms with Crippen LogP contribution < -0.4 is 4.90 Å². The first-order chi connectivity index (χ1) is 15.1. The molecule has 31 heavy (non-hydrogen) atoms. The summed E-state index contributed by atoms with van der Waals surface area (Å²) in [6.45, 7) is 1.95. The summed E-state index contributed by atoms with van der Waals surface area (Å²) in [7, 11) is 0. The lowest BCUT2D eigenvalue weighted by Crippen LogP contribution is -2.26. The minimum atomic E-state index is -0.834. The van der Waals surface area contributed by atoms with Gasteiger partial charge in [0.1, 0.15) is 6.61 Å². The van der Waals surface area contributed by atoms with E-state index in [1.54, 1.807) is 6.08 Å². The molecule has 5 nitrogen and oxygen atoms in total. The Morgan fingerprint density at radius 3 is 2.10 bits per heavy atom. The molecule has 3 aromatic rings. The number of anilines is 2. The Balaban J connectivity index is 1.68. The topological polar surface area (TPSA) is 66.8 Å². The summed E-state index contributed by atoms with van der Waals surface area (Å²) in [5, 5.41) is 9.35. The average molecular weight is 415 g/mol. The number of hydrogen-bond acceptors (Lipinski definition) is 3. The molecule has 0 saturated heterocycles. The van der Waals surface area contributed by atoms with Gasteiger partial charge in [0.2, 0.25) is 0 Å². The van der Waals surface area contributed by atoms with E-state index in [9.17, 15) is 14.7 Å². The molecule has 0 radical (unpaired) electrons. The highest BCUT2D eigenvalue weighted by Gasteiger charge is 2.19. The number of carboxylic acid groups (broad SMARTS) is 1. The van der Waals surface area contributed by atoms with E-state index in [1.165, 1.54) is 4.90 Å². The second-order valence-electron chi connectivity index (χ2n) is 6.95. The summed E-state index contributed by atoms with van der Waals surface area (Å²) in [4.78, 5) is 25.7. The average Bonchev–Trinajstić information content (AvgIpc) is 2.79. The molecule has 0 aliphatic heterocycles. The number of aliphatic carboxylic acids is 1. The predicted molar refractivity (Wildman–Crippen MR) is 123 cm³/mol. The molecule has 1 amide bonds. The largest absolute Gasteiger partial charge is 0.481 e. The van der Waals surface area contributed by atoms with Crippen LogP contribution in [0.3, 0.4) is 0 Å². The van der Waals surface area contributed by atoms with Crippen LogP contribution in [0.5, 0.6) is 0 Å². The molecule has 3 aromatic carbocycles. The van der Waals surface area contributed by atoms with Gasteiger partial charge in [0.15, 0.2) is 0 Å². The predicted octanol–water partition coefficient (Wildman–Crippen LogP) is 6.25. The van der Waals surface area contributed by atoms with Crippen molar-refractivity contribution in [2.75, 3.05) is 11.5 Å². The fraction of sp³-hybridized carbons (Fsp3) is 0.154. The van der Waals surface area contributed by atoms with Gasteiger partial charge in [-0.05, 0) is 47.9 Å². The standard InChI is InChI=1S/C26H25NO4/c1-2-24(25(28)29)21-13-9-11-20(19-21)12-10-18-31-26(30)27(22-14-5-3-6-15-22)23-16-7-4-8-17-23/h3-17,19,24H,2,18H2,1H3,(H,28,29)/b12-10-. The zero-order valence-corrected chi connectivity index (χ0v) is 17.3. The van der Waals surface area contributed by atoms with Gasteiger partial charge in [0.05, 0.1) is 17.3 Å². The van der Waals surface area contributed by atoms with Gasteiger partial charge in [-0.2, -0.15) is 0 Å². The molecule has 0 fully saturated rings. The quantitative estimate of drug-likeness (QED) is 0.472. The smallest absolute Gasteiger partial charge is 0.419 e. The number of nitrogens with zero attached hydrogens (tertiary/aromatic N) is 1. The molecule has 1 atom stereocenters. The van der Waals surface area contributed by atoms with E-state index >= 15 is 0 Å². The molecule has 158 valence electrons. The third-order valence-electron chi connectivity index (χ3n) is 4.84. The highest BCUT2D eigenvalue weighted by molar-refractivity contribution is 5.96. The van der Waals surface area contributed by atoms with Gasteiger partial charge in [-0.25, -0.2) is 9.69 Å². The number of para-hydroxylation sites is 2. The molecule has 5 heteroatoms. The third-order valence-corrected chi connectivity index (χ3v) is 4.84. The van der Waals surface area contributed by atoms with Gasteiger partial charge >= 0.3 is 12.1 Å². The first-order valence-electron chi connectivity index (χ1n) is 10.2. The van der Waals surface area contributed by atoms with Gasteiger partial charge in [0, 0.05) is 0 Å². The first-order valence-corrected chi connectivity index (χ1v) is 10.2. The maximum Gasteiger partial charge on any atom is 0.419 e. The molecule has 0 saturated carbocycles. The number of hydrogen-bond donors (Lipinski definition) is 1. The van der Waals surface area contributed by atoms with Gasteiger partial charge in [0.25, 0.3) is 0 Å². The highest BCUT2D eigenvalue weighted by Crippen LogP contribution is 2.26. The lowest BCUT2D eigenvalue weighted by molar-refractivity contribution is -0.138. The van der Waals surface area contributed by atoms with Crippen molar-refractivity contribution in [1.82, 2.24) is 0 Å². The molecule has 3 rings (SSSR count). The number of amides is 1. The van der Waals surface area contributed by atoms with Crippen LogP contribution in [0.15, 0.2) is 91.0 Å². The van der Waals surface area contributed by atoms with Crippen molar-refractivity contribution in [3.05, 3.63) is 102 Å². The lowest BCUT2D eigenvalue weighted by atomic mass is 9.95. The third kappa shape index (κ3) is 5.82. The molecule has 0 heterocycles. The van der Waals surface area contributed by atoms with Crippen LogP contribution in [0.4, 0.5) is 16.2 Å². The molecule has 0 aliphatic rings. The SMILES string of the molecule is CCC(C(=O)O)c1cccc(/C=C\COC(=O)N(c2ccccc2)c2ccccc2)c1. The van der Waals surface area contributed by atoms with Crippen molar-refractivity contribution in [3.8, 4) is 0 Å². The van der Waals surface area contributed by atoms with Crippen molar-refractivity contribution in [3.63, 3.8) is 0 Å². The van der Waals surface area contributed by atoms with E-state index in [2.05, 4.69) is 0 Å². The number of benzene rings is 3. The number of ether oxygens (including phenoxy) is 1. The Bertz CT molecular complexity index is 992. The Morgan fingerprint density at radius 2 is 1.55 bits per heavy atom. The van der Waals surface area contributed by atoms with Crippen molar-refractivity contribution >= 4 is 29.5 Å². The molecule has 1 unspecified atom stereocenters. The minimum absolute atomic E-state index is 0.0926. The van der Waals surface area contributed by atoms with Gasteiger partial charge < -0.3 is 9.84 Å². The van der Waals surface area contributed by atoms with Crippen LogP contribution in [0.25, 0.3) is 6.08 Å². The summed E-state index contributed by atoms with van der Waals surface area (Å²) >= 11 is 0. The minimum Gasteiger partial charge on any atom is -0.481 e. The van der Waals surface area contributed by atoms with E-state index in [1.807, 2.05) is 97.9 Å². The van der Waals surface area contributed by atoms with Gasteiger partial charge in [-0.1, -0.05) is 73.7 Å². The number of carbonyl (C=O) groups excluding carboxylic acids is 1. The van der Waals surface area contributed by atoms with E-state index < -0.39 is 18.0 Å². The van der Waals surface area contributed by atoms with Crippen molar-refractivity contribution in [2.45, 2.75) is 19.3 Å². The molecule has 0 bridgehead atoms. The molecular formula is C26H25NO4. The van der Waals surface area contributed by atoms with E-state index in [0.29, 0.717) is 6.42 Å². The van der Waals surface area contributed by atoms with Gasteiger partial charge in [-0.3, -0.25) is 4.79 Å². The molecule has 0 spiro atoms. The Morgan fingerprint density at radius 1 is 0.935 bits per heavy atom. The fourth-order valence-electron chi connectivity index (χ4n) is 3.31. The summed E-state index contributed by atoms with van der Waals surface area (Å²) < 4.78 is 5.48. The van der Waals surface area contributed by atoms with E-state index in [0.717, 1.165) is 22.5 Å². The Hall–Kier alpha value is -3.86. The fourth-order valence-corrected chi connectivity index (χ4v) is 3.31. The van der Waals surface area contributed by atoms with E-state index in [4.69, 9.17) is 4.74 Å². The van der Waals surface area contributed by atoms with Crippen molar-refractivity contribution in [1.29, 1.82) is 0 Å². The molecule has 1 N–H and O–H groups in total. The second kappa shape index (κ2) is 10.8. The summed E-state index contributed by atoms with van der Waals surface area (Å²) in [6, 6.07) is 26.0. The number of rotatable bonds is 8. The normalized spacial score (nSPS) is 11.8. The highest BCUT2D eigenvalue weighted by atomic mass is 16.6. The molecule has 0 aromatic heterocycles. The van der Waals surface area contributed by atoms with Gasteiger partial charge in [-0.15, -0.1) is 0 Å². The van der Waals surface area contributed by atoms with Crippen LogP contribution >= 0.6 is 0 Å². The maximum absolute atomic E-state index is 12.8. The first kappa shape index (κ1) is 21.8.